The molecular weight excluding hydrogens is 286 g/mol. The number of piperazine rings is 1. The van der Waals surface area contributed by atoms with Crippen LogP contribution in [-0.2, 0) is 9.59 Å². The van der Waals surface area contributed by atoms with Crippen LogP contribution in [0.2, 0.25) is 0 Å². The highest BCUT2D eigenvalue weighted by molar-refractivity contribution is 5.98. The molecule has 1 aromatic carbocycles. The Morgan fingerprint density at radius 1 is 1.23 bits per heavy atom. The van der Waals surface area contributed by atoms with Gasteiger partial charge in [0.05, 0.1) is 19.2 Å². The lowest BCUT2D eigenvalue weighted by molar-refractivity contribution is -0.134. The number of carbonyl (C=O) groups is 3. The standard InChI is InChI=1S/C15H19N3O4/c1-22-13-5-3-2-4-12(13)15(21)16-10-14(20)18-8-6-17(11-19)7-9-18/h2-5,11H,6-10H2,1H3,(H,16,21). The summed E-state index contributed by atoms with van der Waals surface area (Å²) in [7, 11) is 1.49. The van der Waals surface area contributed by atoms with E-state index in [-0.39, 0.29) is 18.4 Å². The molecule has 118 valence electrons. The van der Waals surface area contributed by atoms with E-state index >= 15 is 0 Å². The fourth-order valence-corrected chi connectivity index (χ4v) is 2.27. The third-order valence-corrected chi connectivity index (χ3v) is 3.57. The summed E-state index contributed by atoms with van der Waals surface area (Å²) in [6.45, 7) is 1.95. The van der Waals surface area contributed by atoms with Crippen molar-refractivity contribution in [3.8, 4) is 5.75 Å². The summed E-state index contributed by atoms with van der Waals surface area (Å²) >= 11 is 0. The maximum Gasteiger partial charge on any atom is 0.255 e. The molecule has 1 fully saturated rings. The zero-order chi connectivity index (χ0) is 15.9. The van der Waals surface area contributed by atoms with Crippen LogP contribution in [0, 0.1) is 0 Å². The van der Waals surface area contributed by atoms with Gasteiger partial charge in [-0.15, -0.1) is 0 Å². The van der Waals surface area contributed by atoms with Gasteiger partial charge in [-0.1, -0.05) is 12.1 Å². The van der Waals surface area contributed by atoms with Crippen LogP contribution in [0.1, 0.15) is 10.4 Å². The molecule has 0 aliphatic carbocycles. The minimum atomic E-state index is -0.350. The van der Waals surface area contributed by atoms with E-state index in [4.69, 9.17) is 4.74 Å². The van der Waals surface area contributed by atoms with Gasteiger partial charge >= 0.3 is 0 Å². The lowest BCUT2D eigenvalue weighted by Crippen LogP contribution is -2.50. The maximum absolute atomic E-state index is 12.1. The molecule has 0 atom stereocenters. The minimum Gasteiger partial charge on any atom is -0.496 e. The molecule has 7 heteroatoms. The zero-order valence-corrected chi connectivity index (χ0v) is 12.4. The molecule has 0 aromatic heterocycles. The van der Waals surface area contributed by atoms with Crippen LogP contribution >= 0.6 is 0 Å². The number of amides is 3. The number of ether oxygens (including phenoxy) is 1. The predicted octanol–water partition coefficient (Wildman–Crippen LogP) is -0.274. The van der Waals surface area contributed by atoms with Gasteiger partial charge in [-0.3, -0.25) is 14.4 Å². The number of hydrogen-bond acceptors (Lipinski definition) is 4. The first kappa shape index (κ1) is 15.8. The van der Waals surface area contributed by atoms with Gasteiger partial charge in [0.15, 0.2) is 0 Å². The molecule has 3 amide bonds. The number of benzene rings is 1. The van der Waals surface area contributed by atoms with Gasteiger partial charge in [-0.05, 0) is 12.1 Å². The molecule has 0 saturated carbocycles. The Labute approximate surface area is 128 Å². The van der Waals surface area contributed by atoms with Crippen LogP contribution in [0.25, 0.3) is 0 Å². The SMILES string of the molecule is COc1ccccc1C(=O)NCC(=O)N1CCN(C=O)CC1. The number of methoxy groups -OCH3 is 1. The van der Waals surface area contributed by atoms with E-state index in [0.717, 1.165) is 6.41 Å². The summed E-state index contributed by atoms with van der Waals surface area (Å²) in [6.07, 6.45) is 0.783. The summed E-state index contributed by atoms with van der Waals surface area (Å²) in [4.78, 5) is 38.0. The molecule has 1 N–H and O–H groups in total. The maximum atomic E-state index is 12.1. The number of nitrogens with one attached hydrogen (secondary N) is 1. The normalized spacial score (nSPS) is 14.4. The van der Waals surface area contributed by atoms with Crippen molar-refractivity contribution in [3.05, 3.63) is 29.8 Å². The summed E-state index contributed by atoms with van der Waals surface area (Å²) in [6, 6.07) is 6.84. The Morgan fingerprint density at radius 3 is 2.55 bits per heavy atom. The molecule has 7 nitrogen and oxygen atoms in total. The Bertz CT molecular complexity index is 553. The summed E-state index contributed by atoms with van der Waals surface area (Å²) in [5, 5.41) is 2.60. The average Bonchev–Trinajstić information content (AvgIpc) is 2.59. The van der Waals surface area contributed by atoms with Gasteiger partial charge in [0, 0.05) is 26.2 Å². The van der Waals surface area contributed by atoms with Crippen LogP contribution in [0.4, 0.5) is 0 Å². The lowest BCUT2D eigenvalue weighted by Gasteiger charge is -2.32. The van der Waals surface area contributed by atoms with Crippen LogP contribution in [0.3, 0.4) is 0 Å². The average molecular weight is 305 g/mol. The van der Waals surface area contributed by atoms with Crippen molar-refractivity contribution in [3.63, 3.8) is 0 Å². The quantitative estimate of drug-likeness (QED) is 0.759. The predicted molar refractivity (Wildman–Crippen MR) is 79.5 cm³/mol. The molecule has 1 aliphatic rings. The van der Waals surface area contributed by atoms with Gasteiger partial charge < -0.3 is 19.9 Å². The first-order valence-electron chi connectivity index (χ1n) is 7.04. The molecule has 0 radical (unpaired) electrons. The van der Waals surface area contributed by atoms with E-state index in [0.29, 0.717) is 37.5 Å². The van der Waals surface area contributed by atoms with Crippen molar-refractivity contribution in [2.75, 3.05) is 39.8 Å². The topological polar surface area (TPSA) is 79.0 Å². The highest BCUT2D eigenvalue weighted by atomic mass is 16.5. The fraction of sp³-hybridized carbons (Fsp3) is 0.400. The van der Waals surface area contributed by atoms with Gasteiger partial charge in [0.25, 0.3) is 5.91 Å². The van der Waals surface area contributed by atoms with Crippen LogP contribution in [0.5, 0.6) is 5.75 Å². The van der Waals surface area contributed by atoms with Gasteiger partial charge in [0.2, 0.25) is 12.3 Å². The molecule has 0 unspecified atom stereocenters. The van der Waals surface area contributed by atoms with Crippen molar-refractivity contribution in [2.45, 2.75) is 0 Å². The Hall–Kier alpha value is -2.57. The number of carbonyl (C=O) groups excluding carboxylic acids is 3. The number of rotatable bonds is 5. The molecule has 1 aromatic rings. The lowest BCUT2D eigenvalue weighted by atomic mass is 10.2. The van der Waals surface area contributed by atoms with E-state index in [9.17, 15) is 14.4 Å². The minimum absolute atomic E-state index is 0.0715. The van der Waals surface area contributed by atoms with E-state index in [1.807, 2.05) is 0 Å². The first-order chi connectivity index (χ1) is 10.7. The third-order valence-electron chi connectivity index (χ3n) is 3.57. The van der Waals surface area contributed by atoms with Crippen LogP contribution in [-0.4, -0.2) is 67.9 Å². The summed E-state index contributed by atoms with van der Waals surface area (Å²) < 4.78 is 5.12. The van der Waals surface area contributed by atoms with E-state index in [1.54, 1.807) is 34.1 Å². The van der Waals surface area contributed by atoms with Crippen molar-refractivity contribution in [1.29, 1.82) is 0 Å². The largest absolute Gasteiger partial charge is 0.496 e. The molecule has 1 aliphatic heterocycles. The number of hydrogen-bond donors (Lipinski definition) is 1. The molecule has 0 bridgehead atoms. The van der Waals surface area contributed by atoms with E-state index in [1.165, 1.54) is 7.11 Å². The molecule has 1 saturated heterocycles. The van der Waals surface area contributed by atoms with E-state index in [2.05, 4.69) is 5.32 Å². The second-order valence-electron chi connectivity index (χ2n) is 4.91. The second-order valence-corrected chi connectivity index (χ2v) is 4.91. The summed E-state index contributed by atoms with van der Waals surface area (Å²) in [5.41, 5.74) is 0.392. The van der Waals surface area contributed by atoms with Crippen molar-refractivity contribution < 1.29 is 19.1 Å². The molecule has 0 spiro atoms. The second kappa shape index (κ2) is 7.44. The Morgan fingerprint density at radius 2 is 1.91 bits per heavy atom. The smallest absolute Gasteiger partial charge is 0.255 e. The first-order valence-corrected chi connectivity index (χ1v) is 7.04. The molecule has 1 heterocycles. The van der Waals surface area contributed by atoms with Gasteiger partial charge in [0.1, 0.15) is 5.75 Å². The van der Waals surface area contributed by atoms with Crippen LogP contribution in [0.15, 0.2) is 24.3 Å². The van der Waals surface area contributed by atoms with Crippen molar-refractivity contribution in [2.24, 2.45) is 0 Å². The molecular formula is C15H19N3O4. The fourth-order valence-electron chi connectivity index (χ4n) is 2.27. The highest BCUT2D eigenvalue weighted by Gasteiger charge is 2.21. The number of nitrogens with zero attached hydrogens (tertiary/aromatic N) is 2. The third kappa shape index (κ3) is 3.75. The highest BCUT2D eigenvalue weighted by Crippen LogP contribution is 2.16. The van der Waals surface area contributed by atoms with Crippen molar-refractivity contribution in [1.82, 2.24) is 15.1 Å². The van der Waals surface area contributed by atoms with Crippen LogP contribution < -0.4 is 10.1 Å². The van der Waals surface area contributed by atoms with Gasteiger partial charge in [-0.2, -0.15) is 0 Å². The Kier molecular flexibility index (Phi) is 5.35. The zero-order valence-electron chi connectivity index (χ0n) is 12.4. The van der Waals surface area contributed by atoms with E-state index < -0.39 is 0 Å². The molecule has 2 rings (SSSR count). The Balaban J connectivity index is 1.86. The monoisotopic (exact) mass is 305 g/mol. The molecule has 22 heavy (non-hydrogen) atoms. The van der Waals surface area contributed by atoms with Gasteiger partial charge in [-0.25, -0.2) is 0 Å². The summed E-state index contributed by atoms with van der Waals surface area (Å²) in [5.74, 6) is -0.0434. The van der Waals surface area contributed by atoms with Crippen molar-refractivity contribution >= 4 is 18.2 Å². The number of para-hydroxylation sites is 1.